The average Bonchev–Trinajstić information content (AvgIpc) is 2.65. The predicted octanol–water partition coefficient (Wildman–Crippen LogP) is 1.57. The van der Waals surface area contributed by atoms with E-state index in [1.165, 1.54) is 5.57 Å². The Balaban J connectivity index is 1.97. The van der Waals surface area contributed by atoms with Crippen LogP contribution in [-0.2, 0) is 10.4 Å². The Labute approximate surface area is 118 Å². The van der Waals surface area contributed by atoms with Crippen LogP contribution < -0.4 is 5.32 Å². The maximum Gasteiger partial charge on any atom is 0.261 e. The number of hydrogen-bond acceptors (Lipinski definition) is 3. The van der Waals surface area contributed by atoms with Gasteiger partial charge in [0.15, 0.2) is 5.60 Å². The Morgan fingerprint density at radius 2 is 2.25 bits per heavy atom. The summed E-state index contributed by atoms with van der Waals surface area (Å²) in [6.07, 6.45) is 2.76. The van der Waals surface area contributed by atoms with E-state index < -0.39 is 5.60 Å². The zero-order chi connectivity index (χ0) is 14.1. The smallest absolute Gasteiger partial charge is 0.261 e. The van der Waals surface area contributed by atoms with E-state index in [0.29, 0.717) is 6.42 Å². The summed E-state index contributed by atoms with van der Waals surface area (Å²) in [7, 11) is 2.07. The van der Waals surface area contributed by atoms with E-state index in [4.69, 9.17) is 0 Å². The van der Waals surface area contributed by atoms with Crippen molar-refractivity contribution >= 4 is 11.6 Å². The van der Waals surface area contributed by atoms with E-state index in [1.807, 2.05) is 18.2 Å². The van der Waals surface area contributed by atoms with Gasteiger partial charge in [0.2, 0.25) is 0 Å². The summed E-state index contributed by atoms with van der Waals surface area (Å²) in [5.74, 6) is -0.0187. The minimum absolute atomic E-state index is 0.176. The first-order valence-electron chi connectivity index (χ1n) is 7.05. The largest absolute Gasteiger partial charge is 0.375 e. The summed E-state index contributed by atoms with van der Waals surface area (Å²) in [6.45, 7) is 3.04. The lowest BCUT2D eigenvalue weighted by atomic mass is 9.69. The molecule has 3 aliphatic rings. The number of aliphatic hydroxyl groups is 1. The molecule has 0 saturated carbocycles. The molecule has 4 heteroatoms. The molecule has 0 radical (unpaired) electrons. The molecule has 2 aliphatic heterocycles. The lowest BCUT2D eigenvalue weighted by Crippen LogP contribution is -2.51. The van der Waals surface area contributed by atoms with E-state index in [1.54, 1.807) is 0 Å². The Morgan fingerprint density at radius 1 is 1.45 bits per heavy atom. The maximum absolute atomic E-state index is 12.2. The normalized spacial score (nSPS) is 35.1. The number of likely N-dealkylation sites (N-methyl/N-ethyl adjacent to an activating group) is 1. The highest BCUT2D eigenvalue weighted by Crippen LogP contribution is 2.51. The molecule has 0 unspecified atom stereocenters. The number of anilines is 1. The molecule has 3 atom stereocenters. The molecule has 1 aliphatic carbocycles. The molecule has 104 valence electrons. The van der Waals surface area contributed by atoms with Crippen molar-refractivity contribution in [3.8, 4) is 0 Å². The van der Waals surface area contributed by atoms with Crippen LogP contribution in [0.25, 0.3) is 0 Å². The van der Waals surface area contributed by atoms with Gasteiger partial charge in [-0.3, -0.25) is 9.69 Å². The second kappa shape index (κ2) is 3.71. The van der Waals surface area contributed by atoms with Crippen LogP contribution in [0.1, 0.15) is 30.4 Å². The van der Waals surface area contributed by atoms with E-state index in [2.05, 4.69) is 30.3 Å². The van der Waals surface area contributed by atoms with Gasteiger partial charge in [-0.05, 0) is 25.6 Å². The number of carbonyl (C=O) groups is 1. The van der Waals surface area contributed by atoms with Gasteiger partial charge < -0.3 is 10.4 Å². The van der Waals surface area contributed by atoms with Crippen molar-refractivity contribution in [2.45, 2.75) is 30.9 Å². The van der Waals surface area contributed by atoms with Crippen LogP contribution >= 0.6 is 0 Å². The second-order valence-corrected chi connectivity index (χ2v) is 6.31. The highest BCUT2D eigenvalue weighted by Gasteiger charge is 2.54. The average molecular weight is 270 g/mol. The first kappa shape index (κ1) is 12.1. The Bertz CT molecular complexity index is 652. The molecule has 1 aromatic rings. The number of amides is 1. The summed E-state index contributed by atoms with van der Waals surface area (Å²) >= 11 is 0. The van der Waals surface area contributed by atoms with Gasteiger partial charge in [0, 0.05) is 36.2 Å². The Kier molecular flexibility index (Phi) is 2.25. The van der Waals surface area contributed by atoms with E-state index in [9.17, 15) is 9.90 Å². The minimum Gasteiger partial charge on any atom is -0.375 e. The SMILES string of the molecule is CC1=C[C@@H]2c3cccc4c3[C@](O)(C[C@H]2N(C)C1)C(=O)N4. The second-order valence-electron chi connectivity index (χ2n) is 6.31. The van der Waals surface area contributed by atoms with Gasteiger partial charge in [0.05, 0.1) is 0 Å². The van der Waals surface area contributed by atoms with Crippen molar-refractivity contribution in [3.63, 3.8) is 0 Å². The van der Waals surface area contributed by atoms with Crippen LogP contribution in [0.4, 0.5) is 5.69 Å². The van der Waals surface area contributed by atoms with Crippen LogP contribution in [0.15, 0.2) is 29.8 Å². The fraction of sp³-hybridized carbons (Fsp3) is 0.438. The molecule has 20 heavy (non-hydrogen) atoms. The Morgan fingerprint density at radius 3 is 3.05 bits per heavy atom. The summed E-state index contributed by atoms with van der Waals surface area (Å²) in [5.41, 5.74) is 2.64. The monoisotopic (exact) mass is 270 g/mol. The zero-order valence-corrected chi connectivity index (χ0v) is 11.7. The van der Waals surface area contributed by atoms with Crippen LogP contribution in [0.5, 0.6) is 0 Å². The zero-order valence-electron chi connectivity index (χ0n) is 11.7. The molecule has 0 bridgehead atoms. The molecule has 0 fully saturated rings. The molecule has 2 heterocycles. The molecule has 1 amide bonds. The number of hydrogen-bond donors (Lipinski definition) is 2. The third-order valence-corrected chi connectivity index (χ3v) is 4.94. The van der Waals surface area contributed by atoms with Crippen molar-refractivity contribution in [3.05, 3.63) is 41.0 Å². The number of carbonyl (C=O) groups excluding carboxylic acids is 1. The standard InChI is InChI=1S/C16H18N2O2/c1-9-6-11-10-4-3-5-12-14(10)16(20,15(19)17-12)7-13(11)18(2)8-9/h3-6,11,13,20H,7-8H2,1-2H3,(H,17,19)/t11-,13-,16-/m1/s1. The summed E-state index contributed by atoms with van der Waals surface area (Å²) < 4.78 is 0. The first-order valence-corrected chi connectivity index (χ1v) is 7.05. The topological polar surface area (TPSA) is 52.6 Å². The fourth-order valence-corrected chi connectivity index (χ4v) is 4.09. The van der Waals surface area contributed by atoms with Crippen molar-refractivity contribution in [2.24, 2.45) is 0 Å². The van der Waals surface area contributed by atoms with Crippen LogP contribution in [-0.4, -0.2) is 35.5 Å². The van der Waals surface area contributed by atoms with Gasteiger partial charge in [0.25, 0.3) is 5.91 Å². The van der Waals surface area contributed by atoms with Crippen molar-refractivity contribution in [2.75, 3.05) is 18.9 Å². The molecule has 0 saturated heterocycles. The van der Waals surface area contributed by atoms with Crippen LogP contribution in [0, 0.1) is 0 Å². The molecular formula is C16H18N2O2. The van der Waals surface area contributed by atoms with Gasteiger partial charge in [-0.1, -0.05) is 23.8 Å². The van der Waals surface area contributed by atoms with Crippen molar-refractivity contribution < 1.29 is 9.90 Å². The van der Waals surface area contributed by atoms with Gasteiger partial charge in [-0.2, -0.15) is 0 Å². The van der Waals surface area contributed by atoms with Gasteiger partial charge in [0.1, 0.15) is 0 Å². The maximum atomic E-state index is 12.2. The molecule has 1 aromatic carbocycles. The van der Waals surface area contributed by atoms with Crippen molar-refractivity contribution in [1.82, 2.24) is 4.90 Å². The molecule has 2 N–H and O–H groups in total. The van der Waals surface area contributed by atoms with Crippen LogP contribution in [0.2, 0.25) is 0 Å². The lowest BCUT2D eigenvalue weighted by molar-refractivity contribution is -0.137. The van der Waals surface area contributed by atoms with Crippen LogP contribution in [0.3, 0.4) is 0 Å². The van der Waals surface area contributed by atoms with Gasteiger partial charge in [-0.25, -0.2) is 0 Å². The highest BCUT2D eigenvalue weighted by atomic mass is 16.3. The van der Waals surface area contributed by atoms with E-state index in [-0.39, 0.29) is 17.9 Å². The minimum atomic E-state index is -1.36. The Hall–Kier alpha value is -1.65. The molecule has 0 aromatic heterocycles. The summed E-state index contributed by atoms with van der Waals surface area (Å²) in [4.78, 5) is 14.5. The number of fused-ring (bicyclic) bond motifs is 2. The molecule has 4 rings (SSSR count). The number of nitrogens with one attached hydrogen (secondary N) is 1. The van der Waals surface area contributed by atoms with Gasteiger partial charge in [-0.15, -0.1) is 0 Å². The van der Waals surface area contributed by atoms with Crippen molar-refractivity contribution in [1.29, 1.82) is 0 Å². The molecular weight excluding hydrogens is 252 g/mol. The predicted molar refractivity (Wildman–Crippen MR) is 76.5 cm³/mol. The third kappa shape index (κ3) is 1.35. The summed E-state index contributed by atoms with van der Waals surface area (Å²) in [6, 6.07) is 6.05. The molecule has 0 spiro atoms. The fourth-order valence-electron chi connectivity index (χ4n) is 4.09. The number of benzene rings is 1. The molecule has 4 nitrogen and oxygen atoms in total. The van der Waals surface area contributed by atoms with Gasteiger partial charge >= 0.3 is 0 Å². The van der Waals surface area contributed by atoms with E-state index in [0.717, 1.165) is 23.4 Å². The summed E-state index contributed by atoms with van der Waals surface area (Å²) in [5, 5.41) is 13.7. The first-order chi connectivity index (χ1) is 9.50. The van der Waals surface area contributed by atoms with E-state index >= 15 is 0 Å². The lowest BCUT2D eigenvalue weighted by Gasteiger charge is -2.45. The quantitative estimate of drug-likeness (QED) is 0.704. The number of nitrogens with zero attached hydrogens (tertiary/aromatic N) is 1. The number of rotatable bonds is 0. The highest BCUT2D eigenvalue weighted by molar-refractivity contribution is 6.05. The third-order valence-electron chi connectivity index (χ3n) is 4.94.